The van der Waals surface area contributed by atoms with Crippen LogP contribution in [0.15, 0.2) is 60.7 Å². The van der Waals surface area contributed by atoms with Gasteiger partial charge in [0.15, 0.2) is 0 Å². The molecular formula is C33H46N4O2. The van der Waals surface area contributed by atoms with E-state index >= 15 is 0 Å². The Labute approximate surface area is 234 Å². The van der Waals surface area contributed by atoms with Crippen LogP contribution in [0, 0.1) is 6.92 Å². The van der Waals surface area contributed by atoms with Crippen molar-refractivity contribution in [2.24, 2.45) is 0 Å². The highest BCUT2D eigenvalue weighted by Crippen LogP contribution is 2.27. The molecule has 3 aromatic rings. The lowest BCUT2D eigenvalue weighted by atomic mass is 9.92. The Morgan fingerprint density at radius 3 is 2.21 bits per heavy atom. The zero-order valence-electron chi connectivity index (χ0n) is 24.4. The van der Waals surface area contributed by atoms with E-state index in [2.05, 4.69) is 38.3 Å². The van der Waals surface area contributed by atoms with Crippen LogP contribution in [0.2, 0.25) is 0 Å². The summed E-state index contributed by atoms with van der Waals surface area (Å²) in [5.74, 6) is 0.267. The number of hydrogen-bond donors (Lipinski definition) is 2. The molecule has 3 rings (SSSR count). The normalized spacial score (nSPS) is 12.2. The number of rotatable bonds is 14. The molecule has 0 aliphatic rings. The molecule has 0 saturated carbocycles. The van der Waals surface area contributed by atoms with Gasteiger partial charge in [0.1, 0.15) is 11.9 Å². The van der Waals surface area contributed by atoms with Crippen LogP contribution in [-0.2, 0) is 21.4 Å². The van der Waals surface area contributed by atoms with Gasteiger partial charge in [0.05, 0.1) is 11.4 Å². The Morgan fingerprint density at radius 1 is 0.897 bits per heavy atom. The van der Waals surface area contributed by atoms with Gasteiger partial charge >= 0.3 is 0 Å². The van der Waals surface area contributed by atoms with Crippen LogP contribution in [0.5, 0.6) is 0 Å². The molecule has 2 N–H and O–H groups in total. The number of carbonyl (C=O) groups excluding carboxylic acids is 2. The third-order valence-electron chi connectivity index (χ3n) is 7.01. The van der Waals surface area contributed by atoms with Crippen molar-refractivity contribution < 1.29 is 9.59 Å². The minimum absolute atomic E-state index is 0.0811. The predicted molar refractivity (Wildman–Crippen MR) is 160 cm³/mol. The lowest BCUT2D eigenvalue weighted by Crippen LogP contribution is -2.45. The quantitative estimate of drug-likeness (QED) is 0.215. The monoisotopic (exact) mass is 530 g/mol. The van der Waals surface area contributed by atoms with Crippen LogP contribution < -0.4 is 10.6 Å². The van der Waals surface area contributed by atoms with Crippen LogP contribution in [0.25, 0.3) is 5.69 Å². The summed E-state index contributed by atoms with van der Waals surface area (Å²) in [7, 11) is 0. The van der Waals surface area contributed by atoms with E-state index in [1.54, 1.807) is 4.68 Å². The largest absolute Gasteiger partial charge is 0.344 e. The lowest BCUT2D eigenvalue weighted by Gasteiger charge is -2.19. The lowest BCUT2D eigenvalue weighted by molar-refractivity contribution is -0.126. The van der Waals surface area contributed by atoms with Crippen LogP contribution in [0.4, 0.5) is 5.82 Å². The summed E-state index contributed by atoms with van der Waals surface area (Å²) < 4.78 is 1.80. The highest BCUT2D eigenvalue weighted by Gasteiger charge is 2.26. The molecule has 1 atom stereocenters. The first-order valence-electron chi connectivity index (χ1n) is 14.5. The van der Waals surface area contributed by atoms with Crippen LogP contribution in [0.3, 0.4) is 0 Å². The topological polar surface area (TPSA) is 76.0 Å². The Bertz CT molecular complexity index is 1190. The summed E-state index contributed by atoms with van der Waals surface area (Å²) in [6.07, 6.45) is 8.87. The molecule has 0 radical (unpaired) electrons. The van der Waals surface area contributed by atoms with Crippen LogP contribution >= 0.6 is 0 Å². The Hall–Kier alpha value is -3.41. The zero-order chi connectivity index (χ0) is 28.3. The van der Waals surface area contributed by atoms with Gasteiger partial charge < -0.3 is 10.6 Å². The maximum absolute atomic E-state index is 13.7. The molecule has 0 saturated heterocycles. The standard InChI is InChI=1S/C33H46N4O2/c1-6-7-8-9-10-11-15-22-31(38)34-27(23-26-19-13-12-14-20-26)32(39)35-30-24-29(33(3,4)5)36-37(30)28-21-17-16-18-25(28)2/h12-14,16-21,24,27H,6-11,15,22-23H2,1-5H3,(H,34,38)(H,35,39). The number of nitrogens with zero attached hydrogens (tertiary/aromatic N) is 2. The number of carbonyl (C=O) groups is 2. The third-order valence-corrected chi connectivity index (χ3v) is 7.01. The van der Waals surface area contributed by atoms with Crippen LogP contribution in [-0.4, -0.2) is 27.6 Å². The molecule has 0 aliphatic carbocycles. The highest BCUT2D eigenvalue weighted by atomic mass is 16.2. The second-order valence-electron chi connectivity index (χ2n) is 11.5. The summed E-state index contributed by atoms with van der Waals surface area (Å²) in [5.41, 5.74) is 3.65. The number of unbranched alkanes of at least 4 members (excludes halogenated alkanes) is 6. The van der Waals surface area contributed by atoms with Gasteiger partial charge in [-0.3, -0.25) is 9.59 Å². The molecule has 6 heteroatoms. The van der Waals surface area contributed by atoms with Crippen molar-refractivity contribution in [1.29, 1.82) is 0 Å². The molecule has 1 heterocycles. The smallest absolute Gasteiger partial charge is 0.248 e. The van der Waals surface area contributed by atoms with E-state index in [0.29, 0.717) is 18.7 Å². The highest BCUT2D eigenvalue weighted by molar-refractivity contribution is 5.97. The van der Waals surface area contributed by atoms with E-state index in [9.17, 15) is 9.59 Å². The van der Waals surface area contributed by atoms with Crippen molar-refractivity contribution in [3.8, 4) is 5.69 Å². The minimum atomic E-state index is -0.692. The van der Waals surface area contributed by atoms with Crippen molar-refractivity contribution in [3.63, 3.8) is 0 Å². The van der Waals surface area contributed by atoms with Crippen molar-refractivity contribution >= 4 is 17.6 Å². The average Bonchev–Trinajstić information content (AvgIpc) is 3.33. The number of aryl methyl sites for hydroxylation is 1. The van der Waals surface area contributed by atoms with E-state index < -0.39 is 6.04 Å². The number of benzene rings is 2. The molecule has 0 aliphatic heterocycles. The van der Waals surface area contributed by atoms with Gasteiger partial charge in [0.25, 0.3) is 0 Å². The van der Waals surface area contributed by atoms with E-state index in [4.69, 9.17) is 5.10 Å². The maximum Gasteiger partial charge on any atom is 0.248 e. The molecule has 1 unspecified atom stereocenters. The molecular weight excluding hydrogens is 484 g/mol. The van der Waals surface area contributed by atoms with Gasteiger partial charge in [0, 0.05) is 24.3 Å². The summed E-state index contributed by atoms with van der Waals surface area (Å²) in [6.45, 7) is 10.6. The molecule has 0 fully saturated rings. The molecule has 210 valence electrons. The van der Waals surface area contributed by atoms with E-state index in [-0.39, 0.29) is 17.2 Å². The number of hydrogen-bond acceptors (Lipinski definition) is 3. The number of anilines is 1. The molecule has 6 nitrogen and oxygen atoms in total. The van der Waals surface area contributed by atoms with Crippen molar-refractivity contribution in [3.05, 3.63) is 77.5 Å². The second-order valence-corrected chi connectivity index (χ2v) is 11.5. The molecule has 2 aromatic carbocycles. The Kier molecular flexibility index (Phi) is 11.3. The van der Waals surface area contributed by atoms with Gasteiger partial charge in [-0.2, -0.15) is 5.10 Å². The fourth-order valence-corrected chi connectivity index (χ4v) is 4.60. The molecule has 0 spiro atoms. The summed E-state index contributed by atoms with van der Waals surface area (Å²) >= 11 is 0. The number of aromatic nitrogens is 2. The third kappa shape index (κ3) is 9.38. The number of para-hydroxylation sites is 1. The molecule has 1 aromatic heterocycles. The Morgan fingerprint density at radius 2 is 1.54 bits per heavy atom. The zero-order valence-corrected chi connectivity index (χ0v) is 24.4. The first-order valence-corrected chi connectivity index (χ1v) is 14.5. The number of nitrogens with one attached hydrogen (secondary N) is 2. The molecule has 2 amide bonds. The second kappa shape index (κ2) is 14.7. The molecule has 0 bridgehead atoms. The summed E-state index contributed by atoms with van der Waals surface area (Å²) in [6, 6.07) is 19.0. The van der Waals surface area contributed by atoms with Gasteiger partial charge in [-0.1, -0.05) is 115 Å². The number of amides is 2. The van der Waals surface area contributed by atoms with Gasteiger partial charge in [-0.05, 0) is 30.5 Å². The van der Waals surface area contributed by atoms with Crippen molar-refractivity contribution in [2.75, 3.05) is 5.32 Å². The van der Waals surface area contributed by atoms with Gasteiger partial charge in [-0.25, -0.2) is 4.68 Å². The molecule has 39 heavy (non-hydrogen) atoms. The summed E-state index contributed by atoms with van der Waals surface area (Å²) in [4.78, 5) is 26.6. The van der Waals surface area contributed by atoms with Gasteiger partial charge in [0.2, 0.25) is 11.8 Å². The fraction of sp³-hybridized carbons (Fsp3) is 0.485. The fourth-order valence-electron chi connectivity index (χ4n) is 4.60. The average molecular weight is 531 g/mol. The van der Waals surface area contributed by atoms with Crippen molar-refractivity contribution in [2.45, 2.75) is 104 Å². The predicted octanol–water partition coefficient (Wildman–Crippen LogP) is 7.28. The Balaban J connectivity index is 1.76. The van der Waals surface area contributed by atoms with Crippen LogP contribution in [0.1, 0.15) is 95.9 Å². The SMILES string of the molecule is CCCCCCCCCC(=O)NC(Cc1ccccc1)C(=O)Nc1cc(C(C)(C)C)nn1-c1ccccc1C. The summed E-state index contributed by atoms with van der Waals surface area (Å²) in [5, 5.41) is 11.0. The van der Waals surface area contributed by atoms with Crippen molar-refractivity contribution in [1.82, 2.24) is 15.1 Å². The van der Waals surface area contributed by atoms with E-state index in [1.807, 2.05) is 67.6 Å². The minimum Gasteiger partial charge on any atom is -0.344 e. The first-order chi connectivity index (χ1) is 18.7. The van der Waals surface area contributed by atoms with E-state index in [1.165, 1.54) is 25.7 Å². The van der Waals surface area contributed by atoms with E-state index in [0.717, 1.165) is 41.8 Å². The van der Waals surface area contributed by atoms with Gasteiger partial charge in [-0.15, -0.1) is 0 Å². The maximum atomic E-state index is 13.7. The first kappa shape index (κ1) is 30.1.